The number of ether oxygens (including phenoxy) is 2. The predicted octanol–water partition coefficient (Wildman–Crippen LogP) is 1.92. The fourth-order valence-corrected chi connectivity index (χ4v) is 2.90. The Kier molecular flexibility index (Phi) is 8.16. The molecule has 24 heavy (non-hydrogen) atoms. The number of nitrogens with zero attached hydrogens (tertiary/aromatic N) is 2. The van der Waals surface area contributed by atoms with Gasteiger partial charge in [0, 0.05) is 33.1 Å². The van der Waals surface area contributed by atoms with Crippen molar-refractivity contribution in [2.24, 2.45) is 5.92 Å². The summed E-state index contributed by atoms with van der Waals surface area (Å²) in [6.07, 6.45) is 2.89. The van der Waals surface area contributed by atoms with E-state index in [1.807, 2.05) is 25.7 Å². The minimum absolute atomic E-state index is 0.0359. The van der Waals surface area contributed by atoms with Gasteiger partial charge in [0.2, 0.25) is 11.8 Å². The third kappa shape index (κ3) is 6.77. The van der Waals surface area contributed by atoms with Gasteiger partial charge in [0.25, 0.3) is 0 Å². The van der Waals surface area contributed by atoms with Crippen LogP contribution in [0.25, 0.3) is 0 Å². The van der Waals surface area contributed by atoms with E-state index in [1.165, 1.54) is 4.90 Å². The predicted molar refractivity (Wildman–Crippen MR) is 93.7 cm³/mol. The molecular weight excluding hydrogens is 308 g/mol. The van der Waals surface area contributed by atoms with Crippen molar-refractivity contribution >= 4 is 11.8 Å². The smallest absolute Gasteiger partial charge is 0.248 e. The summed E-state index contributed by atoms with van der Waals surface area (Å²) < 4.78 is 11.5. The van der Waals surface area contributed by atoms with E-state index in [-0.39, 0.29) is 30.4 Å². The lowest BCUT2D eigenvalue weighted by Crippen LogP contribution is -2.56. The maximum atomic E-state index is 12.7. The lowest BCUT2D eigenvalue weighted by molar-refractivity contribution is -0.174. The highest BCUT2D eigenvalue weighted by Gasteiger charge is 2.36. The summed E-state index contributed by atoms with van der Waals surface area (Å²) in [6.45, 7) is 9.58. The van der Waals surface area contributed by atoms with Gasteiger partial charge in [-0.1, -0.05) is 26.7 Å². The maximum Gasteiger partial charge on any atom is 0.248 e. The summed E-state index contributed by atoms with van der Waals surface area (Å²) in [7, 11) is 3.40. The van der Waals surface area contributed by atoms with Crippen LogP contribution < -0.4 is 0 Å². The van der Waals surface area contributed by atoms with E-state index < -0.39 is 5.60 Å². The number of hydrogen-bond acceptors (Lipinski definition) is 4. The Balaban J connectivity index is 2.56. The van der Waals surface area contributed by atoms with Crippen molar-refractivity contribution in [1.82, 2.24) is 9.80 Å². The first-order valence-electron chi connectivity index (χ1n) is 8.90. The number of rotatable bonds is 8. The Hall–Kier alpha value is -1.14. The molecule has 6 heteroatoms. The number of likely N-dealkylation sites (N-methyl/N-ethyl adjacent to an activating group) is 1. The van der Waals surface area contributed by atoms with Crippen LogP contribution in [-0.2, 0) is 19.1 Å². The Bertz CT molecular complexity index is 423. The summed E-state index contributed by atoms with van der Waals surface area (Å²) >= 11 is 0. The van der Waals surface area contributed by atoms with Gasteiger partial charge in [0.05, 0.1) is 18.3 Å². The molecule has 0 aromatic rings. The SMILES string of the molecule is CCCC[C@@H](C)C(=O)N1C[C@@H](COCC(=O)N(C)C)OC(C)(C)C1. The molecule has 0 N–H and O–H groups in total. The zero-order chi connectivity index (χ0) is 18.3. The summed E-state index contributed by atoms with van der Waals surface area (Å²) in [4.78, 5) is 27.6. The molecule has 6 nitrogen and oxygen atoms in total. The second-order valence-electron chi connectivity index (χ2n) is 7.56. The van der Waals surface area contributed by atoms with E-state index in [4.69, 9.17) is 9.47 Å². The molecule has 0 aliphatic carbocycles. The molecule has 0 aromatic carbocycles. The summed E-state index contributed by atoms with van der Waals surface area (Å²) in [5.41, 5.74) is -0.405. The van der Waals surface area contributed by atoms with Crippen LogP contribution >= 0.6 is 0 Å². The van der Waals surface area contributed by atoms with E-state index in [2.05, 4.69) is 6.92 Å². The molecular formula is C18H34N2O4. The molecule has 0 spiro atoms. The van der Waals surface area contributed by atoms with Crippen molar-refractivity contribution in [3.8, 4) is 0 Å². The molecule has 0 unspecified atom stereocenters. The van der Waals surface area contributed by atoms with E-state index in [9.17, 15) is 9.59 Å². The van der Waals surface area contributed by atoms with Gasteiger partial charge in [0.15, 0.2) is 0 Å². The van der Waals surface area contributed by atoms with E-state index in [0.717, 1.165) is 19.3 Å². The van der Waals surface area contributed by atoms with Crippen molar-refractivity contribution < 1.29 is 19.1 Å². The maximum absolute atomic E-state index is 12.7. The minimum atomic E-state index is -0.405. The molecule has 1 rings (SSSR count). The molecule has 1 fully saturated rings. The molecule has 1 heterocycles. The number of carbonyl (C=O) groups is 2. The van der Waals surface area contributed by atoms with Gasteiger partial charge in [0.1, 0.15) is 6.61 Å². The fraction of sp³-hybridized carbons (Fsp3) is 0.889. The first-order chi connectivity index (χ1) is 11.2. The van der Waals surface area contributed by atoms with Crippen LogP contribution in [0.2, 0.25) is 0 Å². The van der Waals surface area contributed by atoms with Gasteiger partial charge in [-0.05, 0) is 20.3 Å². The third-order valence-electron chi connectivity index (χ3n) is 4.23. The molecule has 1 saturated heterocycles. The summed E-state index contributed by atoms with van der Waals surface area (Å²) in [6, 6.07) is 0. The lowest BCUT2D eigenvalue weighted by atomic mass is 9.99. The van der Waals surface area contributed by atoms with Crippen LogP contribution in [0.3, 0.4) is 0 Å². The van der Waals surface area contributed by atoms with Crippen molar-refractivity contribution in [1.29, 1.82) is 0 Å². The first kappa shape index (κ1) is 20.9. The highest BCUT2D eigenvalue weighted by Crippen LogP contribution is 2.23. The number of amides is 2. The average Bonchev–Trinajstić information content (AvgIpc) is 2.50. The Morgan fingerprint density at radius 1 is 1.38 bits per heavy atom. The van der Waals surface area contributed by atoms with Crippen LogP contribution in [0.15, 0.2) is 0 Å². The third-order valence-corrected chi connectivity index (χ3v) is 4.23. The standard InChI is InChI=1S/C18H34N2O4/c1-7-8-9-14(2)17(22)20-10-15(24-18(3,4)13-20)11-23-12-16(21)19(5)6/h14-15H,7-13H2,1-6H3/t14-,15+/m1/s1. The van der Waals surface area contributed by atoms with Crippen LogP contribution in [0.1, 0.15) is 47.0 Å². The second-order valence-corrected chi connectivity index (χ2v) is 7.56. The number of morpholine rings is 1. The first-order valence-corrected chi connectivity index (χ1v) is 8.90. The van der Waals surface area contributed by atoms with Crippen molar-refractivity contribution in [3.63, 3.8) is 0 Å². The highest BCUT2D eigenvalue weighted by molar-refractivity contribution is 5.78. The molecule has 1 aliphatic rings. The molecule has 0 aromatic heterocycles. The quantitative estimate of drug-likeness (QED) is 0.676. The van der Waals surface area contributed by atoms with Gasteiger partial charge in [-0.25, -0.2) is 0 Å². The molecule has 2 amide bonds. The monoisotopic (exact) mass is 342 g/mol. The van der Waals surface area contributed by atoms with Crippen LogP contribution in [-0.4, -0.2) is 73.7 Å². The zero-order valence-corrected chi connectivity index (χ0v) is 16.1. The van der Waals surface area contributed by atoms with E-state index in [0.29, 0.717) is 19.7 Å². The van der Waals surface area contributed by atoms with Gasteiger partial charge < -0.3 is 19.3 Å². The largest absolute Gasteiger partial charge is 0.369 e. The molecule has 140 valence electrons. The molecule has 0 saturated carbocycles. The van der Waals surface area contributed by atoms with Crippen molar-refractivity contribution in [3.05, 3.63) is 0 Å². The Morgan fingerprint density at radius 2 is 2.04 bits per heavy atom. The van der Waals surface area contributed by atoms with Gasteiger partial charge in [-0.15, -0.1) is 0 Å². The summed E-state index contributed by atoms with van der Waals surface area (Å²) in [5, 5.41) is 0. The fourth-order valence-electron chi connectivity index (χ4n) is 2.90. The van der Waals surface area contributed by atoms with Gasteiger partial charge >= 0.3 is 0 Å². The Morgan fingerprint density at radius 3 is 2.62 bits per heavy atom. The zero-order valence-electron chi connectivity index (χ0n) is 16.1. The molecule has 2 atom stereocenters. The summed E-state index contributed by atoms with van der Waals surface area (Å²) in [5.74, 6) is 0.149. The van der Waals surface area contributed by atoms with Crippen molar-refractivity contribution in [2.45, 2.75) is 58.7 Å². The Labute approximate surface area is 146 Å². The van der Waals surface area contributed by atoms with E-state index >= 15 is 0 Å². The average molecular weight is 342 g/mol. The second kappa shape index (κ2) is 9.37. The topological polar surface area (TPSA) is 59.1 Å². The number of unbranched alkanes of at least 4 members (excludes halogenated alkanes) is 1. The van der Waals surface area contributed by atoms with Crippen molar-refractivity contribution in [2.75, 3.05) is 40.4 Å². The van der Waals surface area contributed by atoms with Crippen LogP contribution in [0, 0.1) is 5.92 Å². The van der Waals surface area contributed by atoms with Crippen LogP contribution in [0.4, 0.5) is 0 Å². The number of carbonyl (C=O) groups excluding carboxylic acids is 2. The van der Waals surface area contributed by atoms with E-state index in [1.54, 1.807) is 14.1 Å². The number of hydrogen-bond donors (Lipinski definition) is 0. The minimum Gasteiger partial charge on any atom is -0.369 e. The van der Waals surface area contributed by atoms with Gasteiger partial charge in [-0.2, -0.15) is 0 Å². The molecule has 1 aliphatic heterocycles. The molecule has 0 bridgehead atoms. The van der Waals surface area contributed by atoms with Crippen LogP contribution in [0.5, 0.6) is 0 Å². The molecule has 0 radical (unpaired) electrons. The van der Waals surface area contributed by atoms with Gasteiger partial charge in [-0.3, -0.25) is 9.59 Å². The highest BCUT2D eigenvalue weighted by atomic mass is 16.6. The lowest BCUT2D eigenvalue weighted by Gasteiger charge is -2.43. The normalized spacial score (nSPS) is 21.4.